The average molecular weight is 481 g/mol. The molecule has 2 aliphatic rings. The van der Waals surface area contributed by atoms with Crippen LogP contribution >= 0.6 is 11.3 Å². The van der Waals surface area contributed by atoms with Crippen molar-refractivity contribution in [2.45, 2.75) is 51.1 Å². The van der Waals surface area contributed by atoms with E-state index in [1.807, 2.05) is 0 Å². The Bertz CT molecular complexity index is 1080. The highest BCUT2D eigenvalue weighted by molar-refractivity contribution is 7.17. The number of carboxylic acid groups (broad SMARTS) is 1. The fourth-order valence-corrected chi connectivity index (χ4v) is 5.80. The number of aliphatic carboxylic acids is 1. The van der Waals surface area contributed by atoms with Crippen molar-refractivity contribution < 1.29 is 32.7 Å². The molecule has 0 aliphatic heterocycles. The number of fused-ring (bicyclic) bond motifs is 1. The number of nitrogens with zero attached hydrogens (tertiary/aromatic N) is 1. The maximum absolute atomic E-state index is 13.1. The molecule has 176 valence electrons. The summed E-state index contributed by atoms with van der Waals surface area (Å²) in [5, 5.41) is 15.2. The largest absolute Gasteiger partial charge is 0.481 e. The van der Waals surface area contributed by atoms with Crippen molar-refractivity contribution in [2.75, 3.05) is 10.6 Å². The Morgan fingerprint density at radius 2 is 1.76 bits per heavy atom. The fraction of sp³-hybridized carbons (Fsp3) is 0.455. The van der Waals surface area contributed by atoms with E-state index in [1.54, 1.807) is 0 Å². The Kier molecular flexibility index (Phi) is 6.42. The second-order valence-electron chi connectivity index (χ2n) is 8.27. The monoisotopic (exact) mass is 481 g/mol. The van der Waals surface area contributed by atoms with E-state index in [0.717, 1.165) is 54.5 Å². The standard InChI is InChI=1S/C22H22F3N3O4S/c23-22(24,25)16-9-8-11(10-26-16)27-19(30)17-14-6-3-7-15(14)33-20(17)28-18(29)12-4-1-2-5-13(12)21(31)32/h8-10,12-13H,1-7H2,(H,27,30)(H,28,29)(H,31,32). The summed E-state index contributed by atoms with van der Waals surface area (Å²) in [6.07, 6.45) is 1.04. The van der Waals surface area contributed by atoms with Crippen LogP contribution in [0.1, 0.15) is 58.6 Å². The number of halogens is 3. The van der Waals surface area contributed by atoms with Crippen LogP contribution in [0, 0.1) is 11.8 Å². The van der Waals surface area contributed by atoms with Gasteiger partial charge in [0.2, 0.25) is 5.91 Å². The van der Waals surface area contributed by atoms with Crippen LogP contribution < -0.4 is 10.6 Å². The highest BCUT2D eigenvalue weighted by atomic mass is 32.1. The zero-order valence-electron chi connectivity index (χ0n) is 17.5. The lowest BCUT2D eigenvalue weighted by molar-refractivity contribution is -0.147. The Morgan fingerprint density at radius 3 is 2.39 bits per heavy atom. The minimum absolute atomic E-state index is 0.0986. The third kappa shape index (κ3) is 4.87. The van der Waals surface area contributed by atoms with Crippen LogP contribution in [0.15, 0.2) is 18.3 Å². The van der Waals surface area contributed by atoms with Gasteiger partial charge in [0, 0.05) is 4.88 Å². The van der Waals surface area contributed by atoms with Crippen molar-refractivity contribution in [3.63, 3.8) is 0 Å². The Labute approximate surface area is 191 Å². The minimum Gasteiger partial charge on any atom is -0.481 e. The first-order valence-electron chi connectivity index (χ1n) is 10.7. The number of carbonyl (C=O) groups is 3. The van der Waals surface area contributed by atoms with Gasteiger partial charge in [-0.3, -0.25) is 14.4 Å². The summed E-state index contributed by atoms with van der Waals surface area (Å²) in [6, 6.07) is 1.91. The van der Waals surface area contributed by atoms with E-state index in [4.69, 9.17) is 0 Å². The molecule has 2 aromatic rings. The number of aryl methyl sites for hydroxylation is 1. The van der Waals surface area contributed by atoms with Gasteiger partial charge in [0.05, 0.1) is 29.3 Å². The summed E-state index contributed by atoms with van der Waals surface area (Å²) in [7, 11) is 0. The highest BCUT2D eigenvalue weighted by Gasteiger charge is 2.37. The van der Waals surface area contributed by atoms with Crippen LogP contribution in [-0.2, 0) is 28.6 Å². The van der Waals surface area contributed by atoms with Gasteiger partial charge >= 0.3 is 12.1 Å². The third-order valence-corrected chi connectivity index (χ3v) is 7.32. The molecule has 1 fully saturated rings. The highest BCUT2D eigenvalue weighted by Crippen LogP contribution is 2.40. The van der Waals surface area contributed by atoms with E-state index in [2.05, 4.69) is 15.6 Å². The number of rotatable bonds is 5. The summed E-state index contributed by atoms with van der Waals surface area (Å²) >= 11 is 1.29. The number of hydrogen-bond donors (Lipinski definition) is 3. The van der Waals surface area contributed by atoms with Crippen molar-refractivity contribution in [3.05, 3.63) is 40.0 Å². The molecule has 0 bridgehead atoms. The number of thiophene rings is 1. The van der Waals surface area contributed by atoms with Crippen molar-refractivity contribution in [2.24, 2.45) is 11.8 Å². The molecular weight excluding hydrogens is 459 g/mol. The average Bonchev–Trinajstić information content (AvgIpc) is 3.34. The fourth-order valence-electron chi connectivity index (χ4n) is 4.51. The smallest absolute Gasteiger partial charge is 0.433 e. The molecular formula is C22H22F3N3O4S. The van der Waals surface area contributed by atoms with Crippen LogP contribution in [0.4, 0.5) is 23.9 Å². The lowest BCUT2D eigenvalue weighted by Gasteiger charge is -2.27. The van der Waals surface area contributed by atoms with Crippen LogP contribution in [0.2, 0.25) is 0 Å². The number of carboxylic acids is 1. The SMILES string of the molecule is O=C(Nc1ccc(C(F)(F)F)nc1)c1c(NC(=O)C2CCCCC2C(=O)O)sc2c1CCC2. The predicted octanol–water partition coefficient (Wildman–Crippen LogP) is 4.73. The van der Waals surface area contributed by atoms with Crippen molar-refractivity contribution in [1.82, 2.24) is 4.98 Å². The van der Waals surface area contributed by atoms with E-state index in [1.165, 1.54) is 11.3 Å². The lowest BCUT2D eigenvalue weighted by atomic mass is 9.79. The molecule has 11 heteroatoms. The van der Waals surface area contributed by atoms with Gasteiger partial charge in [-0.15, -0.1) is 11.3 Å². The number of amides is 2. The molecule has 0 aromatic carbocycles. The van der Waals surface area contributed by atoms with Crippen molar-refractivity contribution >= 4 is 39.8 Å². The van der Waals surface area contributed by atoms with Gasteiger partial charge in [-0.05, 0) is 49.8 Å². The molecule has 2 heterocycles. The maximum atomic E-state index is 13.1. The second-order valence-corrected chi connectivity index (χ2v) is 9.38. The number of carbonyl (C=O) groups excluding carboxylic acids is 2. The maximum Gasteiger partial charge on any atom is 0.433 e. The summed E-state index contributed by atoms with van der Waals surface area (Å²) in [4.78, 5) is 41.9. The van der Waals surface area contributed by atoms with Gasteiger partial charge in [0.25, 0.3) is 5.91 Å². The van der Waals surface area contributed by atoms with E-state index in [9.17, 15) is 32.7 Å². The quantitative estimate of drug-likeness (QED) is 0.572. The zero-order chi connectivity index (χ0) is 23.8. The van der Waals surface area contributed by atoms with E-state index < -0.39 is 41.5 Å². The number of alkyl halides is 3. The lowest BCUT2D eigenvalue weighted by Crippen LogP contribution is -2.36. The van der Waals surface area contributed by atoms with Crippen LogP contribution in [0.5, 0.6) is 0 Å². The van der Waals surface area contributed by atoms with Gasteiger partial charge < -0.3 is 15.7 Å². The van der Waals surface area contributed by atoms with E-state index in [-0.39, 0.29) is 11.3 Å². The molecule has 2 aromatic heterocycles. The molecule has 0 spiro atoms. The summed E-state index contributed by atoms with van der Waals surface area (Å²) in [5.74, 6) is -3.42. The first kappa shape index (κ1) is 23.2. The summed E-state index contributed by atoms with van der Waals surface area (Å²) in [5.41, 5.74) is 0.126. The summed E-state index contributed by atoms with van der Waals surface area (Å²) in [6.45, 7) is 0. The first-order chi connectivity index (χ1) is 15.6. The second kappa shape index (κ2) is 9.12. The Hall–Kier alpha value is -2.95. The molecule has 2 amide bonds. The molecule has 1 saturated carbocycles. The van der Waals surface area contributed by atoms with Gasteiger partial charge in [-0.2, -0.15) is 13.2 Å². The van der Waals surface area contributed by atoms with Gasteiger partial charge in [0.15, 0.2) is 0 Å². The zero-order valence-corrected chi connectivity index (χ0v) is 18.3. The molecule has 33 heavy (non-hydrogen) atoms. The predicted molar refractivity (Wildman–Crippen MR) is 115 cm³/mol. The van der Waals surface area contributed by atoms with Crippen molar-refractivity contribution in [3.8, 4) is 0 Å². The minimum atomic E-state index is -4.58. The molecule has 0 radical (unpaired) electrons. The third-order valence-electron chi connectivity index (χ3n) is 6.12. The van der Waals surface area contributed by atoms with Crippen LogP contribution in [-0.4, -0.2) is 27.9 Å². The van der Waals surface area contributed by atoms with E-state index in [0.29, 0.717) is 24.3 Å². The van der Waals surface area contributed by atoms with Gasteiger partial charge in [0.1, 0.15) is 10.7 Å². The summed E-state index contributed by atoms with van der Waals surface area (Å²) < 4.78 is 38.2. The number of pyridine rings is 1. The molecule has 2 atom stereocenters. The van der Waals surface area contributed by atoms with Crippen LogP contribution in [0.25, 0.3) is 0 Å². The van der Waals surface area contributed by atoms with Gasteiger partial charge in [-0.1, -0.05) is 12.8 Å². The molecule has 0 saturated heterocycles. The first-order valence-corrected chi connectivity index (χ1v) is 11.5. The number of aromatic nitrogens is 1. The molecule has 2 unspecified atom stereocenters. The molecule has 3 N–H and O–H groups in total. The Morgan fingerprint density at radius 1 is 1.03 bits per heavy atom. The topological polar surface area (TPSA) is 108 Å². The Balaban J connectivity index is 1.56. The van der Waals surface area contributed by atoms with Crippen LogP contribution in [0.3, 0.4) is 0 Å². The molecule has 4 rings (SSSR count). The molecule has 2 aliphatic carbocycles. The number of hydrogen-bond acceptors (Lipinski definition) is 5. The normalized spacial score (nSPS) is 20.2. The molecule has 7 nitrogen and oxygen atoms in total. The van der Waals surface area contributed by atoms with Crippen molar-refractivity contribution in [1.29, 1.82) is 0 Å². The number of anilines is 2. The van der Waals surface area contributed by atoms with Gasteiger partial charge in [-0.25, -0.2) is 4.98 Å². The van der Waals surface area contributed by atoms with E-state index >= 15 is 0 Å². The number of nitrogens with one attached hydrogen (secondary N) is 2.